The molecule has 3 heteroatoms. The summed E-state index contributed by atoms with van der Waals surface area (Å²) in [5.74, 6) is 0. The Morgan fingerprint density at radius 3 is 2.35 bits per heavy atom. The maximum Gasteiger partial charge on any atom is 0.0439 e. The molecule has 94 valence electrons. The molecule has 1 aliphatic rings. The molecule has 1 aromatic rings. The molecule has 17 heavy (non-hydrogen) atoms. The molecule has 0 bridgehead atoms. The number of nitrogens with two attached hydrogens (primary N) is 1. The first kappa shape index (κ1) is 13.2. The Balaban J connectivity index is 2.15. The smallest absolute Gasteiger partial charge is 0.0439 e. The summed E-state index contributed by atoms with van der Waals surface area (Å²) < 4.78 is 0. The number of benzene rings is 1. The Bertz CT molecular complexity index is 382. The Hall–Kier alpha value is -0.240. The molecule has 0 atom stereocenters. The topological polar surface area (TPSA) is 26.0 Å². The second-order valence-electron chi connectivity index (χ2n) is 5.19. The molecule has 0 unspecified atom stereocenters. The largest absolute Gasteiger partial charge is 0.325 e. The van der Waals surface area contributed by atoms with E-state index in [0.29, 0.717) is 0 Å². The van der Waals surface area contributed by atoms with Gasteiger partial charge in [0.1, 0.15) is 0 Å². The van der Waals surface area contributed by atoms with Crippen molar-refractivity contribution in [3.63, 3.8) is 0 Å². The fourth-order valence-electron chi connectivity index (χ4n) is 2.67. The van der Waals surface area contributed by atoms with Crippen molar-refractivity contribution in [1.82, 2.24) is 0 Å². The highest BCUT2D eigenvalue weighted by Gasteiger charge is 2.27. The molecule has 0 heterocycles. The first-order valence-electron chi connectivity index (χ1n) is 6.32. The van der Waals surface area contributed by atoms with Crippen LogP contribution in [-0.2, 0) is 6.42 Å². The van der Waals surface area contributed by atoms with Crippen molar-refractivity contribution in [3.8, 4) is 0 Å². The summed E-state index contributed by atoms with van der Waals surface area (Å²) in [6, 6.07) is 5.63. The summed E-state index contributed by atoms with van der Waals surface area (Å²) in [6.07, 6.45) is 8.10. The molecule has 0 aromatic heterocycles. The molecule has 1 saturated carbocycles. The van der Waals surface area contributed by atoms with E-state index in [1.54, 1.807) is 0 Å². The van der Waals surface area contributed by atoms with E-state index < -0.39 is 0 Å². The predicted octanol–water partition coefficient (Wildman–Crippen LogP) is 4.59. The molecule has 2 N–H and O–H groups in total. The average molecular weight is 272 g/mol. The lowest BCUT2D eigenvalue weighted by atomic mass is 9.85. The second kappa shape index (κ2) is 5.60. The lowest BCUT2D eigenvalue weighted by Crippen LogP contribution is -2.41. The highest BCUT2D eigenvalue weighted by atomic mass is 35.5. The van der Waals surface area contributed by atoms with Crippen LogP contribution < -0.4 is 5.73 Å². The fraction of sp³-hybridized carbons (Fsp3) is 0.571. The van der Waals surface area contributed by atoms with Crippen LogP contribution in [0.1, 0.15) is 44.1 Å². The van der Waals surface area contributed by atoms with Crippen molar-refractivity contribution in [1.29, 1.82) is 0 Å². The van der Waals surface area contributed by atoms with Crippen LogP contribution in [0.3, 0.4) is 0 Å². The summed E-state index contributed by atoms with van der Waals surface area (Å²) in [4.78, 5) is 0. The molecule has 0 spiro atoms. The van der Waals surface area contributed by atoms with Gasteiger partial charge >= 0.3 is 0 Å². The van der Waals surface area contributed by atoms with E-state index in [4.69, 9.17) is 28.9 Å². The van der Waals surface area contributed by atoms with Crippen LogP contribution in [0.2, 0.25) is 10.0 Å². The van der Waals surface area contributed by atoms with E-state index >= 15 is 0 Å². The lowest BCUT2D eigenvalue weighted by molar-refractivity contribution is 0.369. The molecule has 0 amide bonds. The van der Waals surface area contributed by atoms with Crippen LogP contribution in [0.4, 0.5) is 0 Å². The fourth-order valence-corrected chi connectivity index (χ4v) is 3.05. The van der Waals surface area contributed by atoms with E-state index in [0.717, 1.165) is 34.9 Å². The van der Waals surface area contributed by atoms with Crippen molar-refractivity contribution in [2.45, 2.75) is 50.5 Å². The zero-order valence-corrected chi connectivity index (χ0v) is 11.5. The molecule has 0 radical (unpaired) electrons. The third-order valence-corrected chi connectivity index (χ3v) is 4.25. The molecule has 2 rings (SSSR count). The van der Waals surface area contributed by atoms with Gasteiger partial charge in [-0.3, -0.25) is 0 Å². The molecular weight excluding hydrogens is 253 g/mol. The number of hydrogen-bond donors (Lipinski definition) is 1. The van der Waals surface area contributed by atoms with E-state index in [2.05, 4.69) is 0 Å². The Kier molecular flexibility index (Phi) is 4.35. The van der Waals surface area contributed by atoms with Gasteiger partial charge in [0.15, 0.2) is 0 Å². The summed E-state index contributed by atoms with van der Waals surface area (Å²) in [6.45, 7) is 0. The maximum absolute atomic E-state index is 6.51. The summed E-state index contributed by atoms with van der Waals surface area (Å²) in [5.41, 5.74) is 7.50. The zero-order chi connectivity index (χ0) is 12.3. The van der Waals surface area contributed by atoms with Crippen molar-refractivity contribution >= 4 is 23.2 Å². The Morgan fingerprint density at radius 1 is 1.06 bits per heavy atom. The van der Waals surface area contributed by atoms with Crippen LogP contribution in [0.25, 0.3) is 0 Å². The molecule has 1 nitrogen and oxygen atoms in total. The minimum absolute atomic E-state index is 0.0924. The van der Waals surface area contributed by atoms with Crippen molar-refractivity contribution < 1.29 is 0 Å². The molecule has 1 fully saturated rings. The van der Waals surface area contributed by atoms with Gasteiger partial charge in [-0.1, -0.05) is 48.9 Å². The third-order valence-electron chi connectivity index (χ3n) is 3.65. The van der Waals surface area contributed by atoms with Gasteiger partial charge in [0.25, 0.3) is 0 Å². The third kappa shape index (κ3) is 3.61. The summed E-state index contributed by atoms with van der Waals surface area (Å²) in [5, 5.41) is 1.52. The van der Waals surface area contributed by atoms with Gasteiger partial charge in [0, 0.05) is 15.6 Å². The van der Waals surface area contributed by atoms with Gasteiger partial charge in [0.05, 0.1) is 0 Å². The van der Waals surface area contributed by atoms with Crippen molar-refractivity contribution in [3.05, 3.63) is 33.8 Å². The van der Waals surface area contributed by atoms with Crippen LogP contribution in [0, 0.1) is 0 Å². The summed E-state index contributed by atoms with van der Waals surface area (Å²) in [7, 11) is 0. The molecular formula is C14H19Cl2N. The minimum Gasteiger partial charge on any atom is -0.325 e. The zero-order valence-electron chi connectivity index (χ0n) is 10.0. The minimum atomic E-state index is -0.0924. The maximum atomic E-state index is 6.51. The van der Waals surface area contributed by atoms with Gasteiger partial charge in [0.2, 0.25) is 0 Å². The second-order valence-corrected chi connectivity index (χ2v) is 6.03. The Morgan fingerprint density at radius 2 is 1.71 bits per heavy atom. The normalized spacial score (nSPS) is 19.9. The molecule has 1 aliphatic carbocycles. The number of halogens is 2. The summed E-state index contributed by atoms with van der Waals surface area (Å²) >= 11 is 12.2. The number of hydrogen-bond acceptors (Lipinski definition) is 1. The van der Waals surface area contributed by atoms with E-state index in [-0.39, 0.29) is 5.54 Å². The van der Waals surface area contributed by atoms with Gasteiger partial charge in [-0.05, 0) is 43.0 Å². The van der Waals surface area contributed by atoms with E-state index in [9.17, 15) is 0 Å². The van der Waals surface area contributed by atoms with Crippen LogP contribution in [-0.4, -0.2) is 5.54 Å². The van der Waals surface area contributed by atoms with Gasteiger partial charge in [-0.2, -0.15) is 0 Å². The van der Waals surface area contributed by atoms with Gasteiger partial charge in [-0.15, -0.1) is 0 Å². The first-order chi connectivity index (χ1) is 8.09. The quantitative estimate of drug-likeness (QED) is 0.783. The van der Waals surface area contributed by atoms with Crippen molar-refractivity contribution in [2.75, 3.05) is 0 Å². The van der Waals surface area contributed by atoms with E-state index in [1.807, 2.05) is 18.2 Å². The van der Waals surface area contributed by atoms with Gasteiger partial charge in [-0.25, -0.2) is 0 Å². The lowest BCUT2D eigenvalue weighted by Gasteiger charge is -2.28. The Labute approximate surface area is 113 Å². The molecule has 0 aliphatic heterocycles. The first-order valence-corrected chi connectivity index (χ1v) is 7.07. The average Bonchev–Trinajstić information content (AvgIpc) is 2.49. The highest BCUT2D eigenvalue weighted by molar-refractivity contribution is 6.33. The monoisotopic (exact) mass is 271 g/mol. The standard InChI is InChI=1S/C14H19Cl2N/c15-12-5-6-13(16)11(9-12)10-14(17)7-3-1-2-4-8-14/h5-6,9H,1-4,7-8,10,17H2. The van der Waals surface area contributed by atoms with Crippen LogP contribution >= 0.6 is 23.2 Å². The van der Waals surface area contributed by atoms with Crippen LogP contribution in [0.15, 0.2) is 18.2 Å². The SMILES string of the molecule is NC1(Cc2cc(Cl)ccc2Cl)CCCCCC1. The molecule has 1 aromatic carbocycles. The van der Waals surface area contributed by atoms with E-state index in [1.165, 1.54) is 25.7 Å². The van der Waals surface area contributed by atoms with Crippen molar-refractivity contribution in [2.24, 2.45) is 5.73 Å². The molecule has 0 saturated heterocycles. The highest BCUT2D eigenvalue weighted by Crippen LogP contribution is 2.31. The predicted molar refractivity (Wildman–Crippen MR) is 74.8 cm³/mol. The number of rotatable bonds is 2. The van der Waals surface area contributed by atoms with Crippen LogP contribution in [0.5, 0.6) is 0 Å². The van der Waals surface area contributed by atoms with Gasteiger partial charge < -0.3 is 5.73 Å².